The molecule has 0 aromatic heterocycles. The number of carbonyl (C=O) groups excluding carboxylic acids is 1. The molecular weight excluding hydrogens is 305 g/mol. The van der Waals surface area contributed by atoms with Gasteiger partial charge in [0.2, 0.25) is 5.91 Å². The number of carbonyl (C=O) groups is 1. The van der Waals surface area contributed by atoms with Gasteiger partial charge in [-0.1, -0.05) is 19.1 Å². The lowest BCUT2D eigenvalue weighted by Crippen LogP contribution is -2.32. The molecule has 0 saturated heterocycles. The van der Waals surface area contributed by atoms with Gasteiger partial charge in [0.15, 0.2) is 0 Å². The fourth-order valence-electron chi connectivity index (χ4n) is 2.20. The van der Waals surface area contributed by atoms with Crippen LogP contribution < -0.4 is 5.32 Å². The van der Waals surface area contributed by atoms with Crippen molar-refractivity contribution < 1.29 is 18.0 Å². The van der Waals surface area contributed by atoms with Crippen molar-refractivity contribution in [2.75, 3.05) is 18.4 Å². The number of nitrogens with zero attached hydrogens (tertiary/aromatic N) is 1. The second-order valence-electron chi connectivity index (χ2n) is 5.14. The maximum Gasteiger partial charge on any atom is 0.238 e. The standard InChI is InChI=1S/C17H17F3N2O/c1-2-22(10-12-4-3-5-13(18)6-12)11-17(23)21-16-8-14(19)7-15(20)9-16/h3-9H,2,10-11H2,1H3,(H,21,23). The predicted molar refractivity (Wildman–Crippen MR) is 82.3 cm³/mol. The van der Waals surface area contributed by atoms with Crippen molar-refractivity contribution in [3.63, 3.8) is 0 Å². The van der Waals surface area contributed by atoms with Crippen LogP contribution in [0.15, 0.2) is 42.5 Å². The second kappa shape index (κ2) is 7.78. The quantitative estimate of drug-likeness (QED) is 0.882. The third kappa shape index (κ3) is 5.41. The Bertz CT molecular complexity index is 671. The van der Waals surface area contributed by atoms with Gasteiger partial charge in [0.05, 0.1) is 6.54 Å². The SMILES string of the molecule is CCN(CC(=O)Nc1cc(F)cc(F)c1)Cc1cccc(F)c1. The first-order valence-electron chi connectivity index (χ1n) is 7.19. The highest BCUT2D eigenvalue weighted by Gasteiger charge is 2.11. The summed E-state index contributed by atoms with van der Waals surface area (Å²) < 4.78 is 39.4. The van der Waals surface area contributed by atoms with Gasteiger partial charge < -0.3 is 5.32 Å². The summed E-state index contributed by atoms with van der Waals surface area (Å²) >= 11 is 0. The number of benzene rings is 2. The van der Waals surface area contributed by atoms with Gasteiger partial charge in [0.1, 0.15) is 17.5 Å². The average Bonchev–Trinajstić information content (AvgIpc) is 2.45. The number of nitrogens with one attached hydrogen (secondary N) is 1. The van der Waals surface area contributed by atoms with Crippen LogP contribution in [0, 0.1) is 17.5 Å². The number of anilines is 1. The summed E-state index contributed by atoms with van der Waals surface area (Å²) in [5.41, 5.74) is 0.811. The van der Waals surface area contributed by atoms with E-state index in [1.54, 1.807) is 17.0 Å². The van der Waals surface area contributed by atoms with Gasteiger partial charge >= 0.3 is 0 Å². The second-order valence-corrected chi connectivity index (χ2v) is 5.14. The summed E-state index contributed by atoms with van der Waals surface area (Å²) in [6.45, 7) is 2.88. The molecule has 3 nitrogen and oxygen atoms in total. The van der Waals surface area contributed by atoms with Gasteiger partial charge in [-0.25, -0.2) is 13.2 Å². The molecule has 0 radical (unpaired) electrons. The van der Waals surface area contributed by atoms with Crippen LogP contribution in [0.2, 0.25) is 0 Å². The lowest BCUT2D eigenvalue weighted by Gasteiger charge is -2.20. The summed E-state index contributed by atoms with van der Waals surface area (Å²) in [7, 11) is 0. The Morgan fingerprint density at radius 1 is 1.04 bits per heavy atom. The van der Waals surface area contributed by atoms with E-state index in [4.69, 9.17) is 0 Å². The van der Waals surface area contributed by atoms with Crippen molar-refractivity contribution in [2.45, 2.75) is 13.5 Å². The minimum Gasteiger partial charge on any atom is -0.325 e. The van der Waals surface area contributed by atoms with Crippen LogP contribution in [0.25, 0.3) is 0 Å². The highest BCUT2D eigenvalue weighted by molar-refractivity contribution is 5.92. The van der Waals surface area contributed by atoms with Gasteiger partial charge in [-0.15, -0.1) is 0 Å². The Kier molecular flexibility index (Phi) is 5.76. The summed E-state index contributed by atoms with van der Waals surface area (Å²) in [5.74, 6) is -2.24. The minimum absolute atomic E-state index is 0.0329. The van der Waals surface area contributed by atoms with Crippen LogP contribution in [-0.4, -0.2) is 23.9 Å². The van der Waals surface area contributed by atoms with E-state index in [-0.39, 0.29) is 18.0 Å². The molecule has 1 N–H and O–H groups in total. The number of rotatable bonds is 6. The van der Waals surface area contributed by atoms with E-state index in [9.17, 15) is 18.0 Å². The van der Waals surface area contributed by atoms with Crippen LogP contribution in [-0.2, 0) is 11.3 Å². The van der Waals surface area contributed by atoms with Crippen LogP contribution in [0.3, 0.4) is 0 Å². The molecule has 6 heteroatoms. The molecule has 0 atom stereocenters. The van der Waals surface area contributed by atoms with E-state index in [0.717, 1.165) is 23.8 Å². The topological polar surface area (TPSA) is 32.3 Å². The molecule has 0 aliphatic heterocycles. The molecule has 0 aliphatic rings. The van der Waals surface area contributed by atoms with Crippen LogP contribution in [0.1, 0.15) is 12.5 Å². The van der Waals surface area contributed by atoms with Crippen molar-refractivity contribution in [1.29, 1.82) is 0 Å². The predicted octanol–water partition coefficient (Wildman–Crippen LogP) is 3.56. The van der Waals surface area contributed by atoms with Crippen molar-refractivity contribution in [3.8, 4) is 0 Å². The molecule has 0 saturated carbocycles. The summed E-state index contributed by atoms with van der Waals surface area (Å²) in [5, 5.41) is 2.45. The van der Waals surface area contributed by atoms with E-state index < -0.39 is 17.5 Å². The van der Waals surface area contributed by atoms with E-state index in [0.29, 0.717) is 13.1 Å². The van der Waals surface area contributed by atoms with Gasteiger partial charge in [-0.05, 0) is 36.4 Å². The lowest BCUT2D eigenvalue weighted by molar-refractivity contribution is -0.117. The highest BCUT2D eigenvalue weighted by atomic mass is 19.1. The fourth-order valence-corrected chi connectivity index (χ4v) is 2.20. The molecule has 2 aromatic carbocycles. The van der Waals surface area contributed by atoms with E-state index >= 15 is 0 Å². The molecule has 2 rings (SSSR count). The Labute approximate surface area is 132 Å². The van der Waals surface area contributed by atoms with Crippen molar-refractivity contribution in [3.05, 3.63) is 65.5 Å². The first kappa shape index (κ1) is 17.0. The molecule has 0 heterocycles. The molecule has 0 fully saturated rings. The maximum atomic E-state index is 13.2. The smallest absolute Gasteiger partial charge is 0.238 e. The minimum atomic E-state index is -0.757. The van der Waals surface area contributed by atoms with E-state index in [1.165, 1.54) is 12.1 Å². The van der Waals surface area contributed by atoms with Crippen LogP contribution >= 0.6 is 0 Å². The number of likely N-dealkylation sites (N-methyl/N-ethyl adjacent to an activating group) is 1. The zero-order valence-corrected chi connectivity index (χ0v) is 12.7. The molecule has 0 aliphatic carbocycles. The molecule has 122 valence electrons. The van der Waals surface area contributed by atoms with Crippen molar-refractivity contribution in [2.24, 2.45) is 0 Å². The number of halogens is 3. The molecule has 0 spiro atoms. The number of hydrogen-bond acceptors (Lipinski definition) is 2. The van der Waals surface area contributed by atoms with Crippen LogP contribution in [0.5, 0.6) is 0 Å². The van der Waals surface area contributed by atoms with Crippen molar-refractivity contribution in [1.82, 2.24) is 4.90 Å². The summed E-state index contributed by atoms with van der Waals surface area (Å²) in [6, 6.07) is 8.96. The zero-order chi connectivity index (χ0) is 16.8. The molecule has 23 heavy (non-hydrogen) atoms. The largest absolute Gasteiger partial charge is 0.325 e. The molecule has 0 bridgehead atoms. The number of amides is 1. The molecule has 0 unspecified atom stereocenters. The Morgan fingerprint density at radius 2 is 1.74 bits per heavy atom. The summed E-state index contributed by atoms with van der Waals surface area (Å²) in [4.78, 5) is 13.8. The van der Waals surface area contributed by atoms with Gasteiger partial charge in [0, 0.05) is 18.3 Å². The molecule has 1 amide bonds. The molecular formula is C17H17F3N2O. The normalized spacial score (nSPS) is 10.8. The van der Waals surface area contributed by atoms with E-state index in [2.05, 4.69) is 5.32 Å². The lowest BCUT2D eigenvalue weighted by atomic mass is 10.2. The summed E-state index contributed by atoms with van der Waals surface area (Å²) in [6.07, 6.45) is 0. The van der Waals surface area contributed by atoms with Gasteiger partial charge in [-0.3, -0.25) is 9.69 Å². The fraction of sp³-hybridized carbons (Fsp3) is 0.235. The Balaban J connectivity index is 1.96. The van der Waals surface area contributed by atoms with Gasteiger partial charge in [-0.2, -0.15) is 0 Å². The maximum absolute atomic E-state index is 13.2. The third-order valence-corrected chi connectivity index (χ3v) is 3.26. The highest BCUT2D eigenvalue weighted by Crippen LogP contribution is 2.13. The first-order valence-corrected chi connectivity index (χ1v) is 7.19. The van der Waals surface area contributed by atoms with Crippen LogP contribution in [0.4, 0.5) is 18.9 Å². The Hall–Kier alpha value is -2.34. The third-order valence-electron chi connectivity index (χ3n) is 3.26. The average molecular weight is 322 g/mol. The van der Waals surface area contributed by atoms with Gasteiger partial charge in [0.25, 0.3) is 0 Å². The molecule has 2 aromatic rings. The van der Waals surface area contributed by atoms with Crippen molar-refractivity contribution >= 4 is 11.6 Å². The Morgan fingerprint density at radius 3 is 2.35 bits per heavy atom. The first-order chi connectivity index (χ1) is 11.0. The monoisotopic (exact) mass is 322 g/mol. The van der Waals surface area contributed by atoms with E-state index in [1.807, 2.05) is 6.92 Å². The number of hydrogen-bond donors (Lipinski definition) is 1. The zero-order valence-electron chi connectivity index (χ0n) is 12.7.